The molecule has 0 saturated carbocycles. The molecule has 1 unspecified atom stereocenters. The monoisotopic (exact) mass is 253 g/mol. The van der Waals surface area contributed by atoms with Gasteiger partial charge in [0.15, 0.2) is 0 Å². The fourth-order valence-corrected chi connectivity index (χ4v) is 1.94. The van der Waals surface area contributed by atoms with E-state index < -0.39 is 0 Å². The van der Waals surface area contributed by atoms with Crippen molar-refractivity contribution in [1.29, 1.82) is 0 Å². The smallest absolute Gasteiger partial charge is 0.124 e. The van der Waals surface area contributed by atoms with Gasteiger partial charge in [-0.2, -0.15) is 0 Å². The van der Waals surface area contributed by atoms with Crippen LogP contribution in [0.2, 0.25) is 0 Å². The van der Waals surface area contributed by atoms with Crippen LogP contribution in [-0.2, 0) is 0 Å². The lowest BCUT2D eigenvalue weighted by molar-refractivity contribution is 0.300. The molecular weight excluding hydrogens is 229 g/mol. The van der Waals surface area contributed by atoms with Gasteiger partial charge in [0.2, 0.25) is 0 Å². The summed E-state index contributed by atoms with van der Waals surface area (Å²) in [6.07, 6.45) is 3.38. The molecule has 1 N–H and O–H groups in total. The predicted octanol–water partition coefficient (Wildman–Crippen LogP) is 4.07. The Balaban J connectivity index is 2.70. The molecule has 1 aromatic rings. The van der Waals surface area contributed by atoms with Crippen molar-refractivity contribution in [1.82, 2.24) is 5.32 Å². The van der Waals surface area contributed by atoms with Gasteiger partial charge >= 0.3 is 0 Å². The molecule has 0 aliphatic heterocycles. The fourth-order valence-electron chi connectivity index (χ4n) is 1.94. The summed E-state index contributed by atoms with van der Waals surface area (Å²) in [5, 5.41) is 3.28. The van der Waals surface area contributed by atoms with Crippen LogP contribution in [-0.4, -0.2) is 13.2 Å². The Morgan fingerprint density at radius 3 is 2.72 bits per heavy atom. The highest BCUT2D eigenvalue weighted by molar-refractivity contribution is 5.36. The molecule has 1 atom stereocenters. The number of halogens is 1. The summed E-state index contributed by atoms with van der Waals surface area (Å²) in [6.45, 7) is 7.78. The predicted molar refractivity (Wildman–Crippen MR) is 73.5 cm³/mol. The minimum absolute atomic E-state index is 0.104. The molecule has 102 valence electrons. The van der Waals surface area contributed by atoms with Crippen molar-refractivity contribution < 1.29 is 9.13 Å². The molecule has 0 radical (unpaired) electrons. The first-order valence-electron chi connectivity index (χ1n) is 6.84. The van der Waals surface area contributed by atoms with E-state index >= 15 is 0 Å². The van der Waals surface area contributed by atoms with Gasteiger partial charge in [-0.15, -0.1) is 0 Å². The van der Waals surface area contributed by atoms with E-state index in [1.54, 1.807) is 12.1 Å². The van der Waals surface area contributed by atoms with Crippen molar-refractivity contribution in [2.45, 2.75) is 46.1 Å². The van der Waals surface area contributed by atoms with Crippen LogP contribution in [0, 0.1) is 5.82 Å². The van der Waals surface area contributed by atoms with Crippen LogP contribution in [0.3, 0.4) is 0 Å². The number of unbranched alkanes of at least 4 members (excludes halogenated alkanes) is 2. The van der Waals surface area contributed by atoms with E-state index in [4.69, 9.17) is 4.74 Å². The van der Waals surface area contributed by atoms with Crippen LogP contribution in [0.25, 0.3) is 0 Å². The Labute approximate surface area is 110 Å². The van der Waals surface area contributed by atoms with E-state index in [0.29, 0.717) is 6.61 Å². The molecule has 2 nitrogen and oxygen atoms in total. The van der Waals surface area contributed by atoms with Gasteiger partial charge in [0, 0.05) is 11.6 Å². The van der Waals surface area contributed by atoms with Crippen molar-refractivity contribution in [2.75, 3.05) is 13.2 Å². The highest BCUT2D eigenvalue weighted by Crippen LogP contribution is 2.26. The summed E-state index contributed by atoms with van der Waals surface area (Å²) in [5.74, 6) is 0.580. The molecule has 3 heteroatoms. The van der Waals surface area contributed by atoms with Gasteiger partial charge < -0.3 is 10.1 Å². The Kier molecular flexibility index (Phi) is 6.73. The Bertz CT molecular complexity index is 354. The minimum Gasteiger partial charge on any atom is -0.493 e. The zero-order valence-electron chi connectivity index (χ0n) is 11.6. The zero-order valence-corrected chi connectivity index (χ0v) is 11.6. The van der Waals surface area contributed by atoms with Crippen LogP contribution in [0.15, 0.2) is 18.2 Å². The van der Waals surface area contributed by atoms with Crippen LogP contribution >= 0.6 is 0 Å². The molecular formula is C15H24FNO. The second-order valence-electron chi connectivity index (χ2n) is 4.52. The Morgan fingerprint density at radius 2 is 2.06 bits per heavy atom. The van der Waals surface area contributed by atoms with E-state index in [-0.39, 0.29) is 11.9 Å². The van der Waals surface area contributed by atoms with Gasteiger partial charge in [0.1, 0.15) is 11.6 Å². The first-order chi connectivity index (χ1) is 8.69. The Morgan fingerprint density at radius 1 is 1.28 bits per heavy atom. The molecule has 0 saturated heterocycles. The molecule has 1 aromatic carbocycles. The number of rotatable bonds is 8. The Hall–Kier alpha value is -1.09. The maximum absolute atomic E-state index is 13.3. The lowest BCUT2D eigenvalue weighted by Gasteiger charge is -2.17. The SMILES string of the molecule is CCCCCOc1ccc(F)cc1C(C)NCC. The lowest BCUT2D eigenvalue weighted by atomic mass is 10.1. The maximum atomic E-state index is 13.3. The highest BCUT2D eigenvalue weighted by Gasteiger charge is 2.11. The summed E-state index contributed by atoms with van der Waals surface area (Å²) in [5.41, 5.74) is 0.897. The largest absolute Gasteiger partial charge is 0.493 e. The van der Waals surface area contributed by atoms with Crippen molar-refractivity contribution >= 4 is 0 Å². The second kappa shape index (κ2) is 8.09. The molecule has 0 amide bonds. The normalized spacial score (nSPS) is 12.4. The first kappa shape index (κ1) is 15.0. The number of hydrogen-bond acceptors (Lipinski definition) is 2. The first-order valence-corrected chi connectivity index (χ1v) is 6.84. The molecule has 0 bridgehead atoms. The topological polar surface area (TPSA) is 21.3 Å². The standard InChI is InChI=1S/C15H24FNO/c1-4-6-7-10-18-15-9-8-13(16)11-14(15)12(3)17-5-2/h8-9,11-12,17H,4-7,10H2,1-3H3. The third kappa shape index (κ3) is 4.65. The van der Waals surface area contributed by atoms with Crippen LogP contribution in [0.5, 0.6) is 5.75 Å². The average molecular weight is 253 g/mol. The molecule has 0 spiro atoms. The van der Waals surface area contributed by atoms with Crippen molar-refractivity contribution in [3.8, 4) is 5.75 Å². The van der Waals surface area contributed by atoms with Gasteiger partial charge in [0.05, 0.1) is 6.61 Å². The van der Waals surface area contributed by atoms with Gasteiger partial charge in [-0.3, -0.25) is 0 Å². The van der Waals surface area contributed by atoms with Crippen molar-refractivity contribution in [3.05, 3.63) is 29.6 Å². The van der Waals surface area contributed by atoms with Gasteiger partial charge in [-0.25, -0.2) is 4.39 Å². The van der Waals surface area contributed by atoms with Gasteiger partial charge in [-0.1, -0.05) is 26.7 Å². The van der Waals surface area contributed by atoms with Crippen LogP contribution in [0.4, 0.5) is 4.39 Å². The third-order valence-electron chi connectivity index (χ3n) is 2.95. The van der Waals surface area contributed by atoms with E-state index in [1.165, 1.54) is 18.9 Å². The summed E-state index contributed by atoms with van der Waals surface area (Å²) < 4.78 is 19.1. The average Bonchev–Trinajstić information content (AvgIpc) is 2.36. The van der Waals surface area contributed by atoms with E-state index in [9.17, 15) is 4.39 Å². The molecule has 0 aliphatic carbocycles. The highest BCUT2D eigenvalue weighted by atomic mass is 19.1. The summed E-state index contributed by atoms with van der Waals surface area (Å²) in [6, 6.07) is 4.84. The summed E-state index contributed by atoms with van der Waals surface area (Å²) in [4.78, 5) is 0. The number of nitrogens with one attached hydrogen (secondary N) is 1. The molecule has 18 heavy (non-hydrogen) atoms. The van der Waals surface area contributed by atoms with E-state index in [2.05, 4.69) is 12.2 Å². The summed E-state index contributed by atoms with van der Waals surface area (Å²) >= 11 is 0. The number of hydrogen-bond donors (Lipinski definition) is 1. The van der Waals surface area contributed by atoms with Gasteiger partial charge in [0.25, 0.3) is 0 Å². The number of benzene rings is 1. The molecule has 0 fully saturated rings. The lowest BCUT2D eigenvalue weighted by Crippen LogP contribution is -2.18. The van der Waals surface area contributed by atoms with Crippen LogP contribution in [0.1, 0.15) is 51.6 Å². The zero-order chi connectivity index (χ0) is 13.4. The molecule has 0 aromatic heterocycles. The molecule has 0 heterocycles. The van der Waals surface area contributed by atoms with Crippen molar-refractivity contribution in [3.63, 3.8) is 0 Å². The van der Waals surface area contributed by atoms with Crippen LogP contribution < -0.4 is 10.1 Å². The maximum Gasteiger partial charge on any atom is 0.124 e. The van der Waals surface area contributed by atoms with E-state index in [0.717, 1.165) is 24.3 Å². The molecule has 1 rings (SSSR count). The van der Waals surface area contributed by atoms with Crippen molar-refractivity contribution in [2.24, 2.45) is 0 Å². The third-order valence-corrected chi connectivity index (χ3v) is 2.95. The minimum atomic E-state index is -0.212. The fraction of sp³-hybridized carbons (Fsp3) is 0.600. The number of ether oxygens (including phenoxy) is 1. The van der Waals surface area contributed by atoms with E-state index in [1.807, 2.05) is 13.8 Å². The quantitative estimate of drug-likeness (QED) is 0.705. The molecule has 0 aliphatic rings. The summed E-state index contributed by atoms with van der Waals surface area (Å²) in [7, 11) is 0. The second-order valence-corrected chi connectivity index (χ2v) is 4.52. The van der Waals surface area contributed by atoms with Gasteiger partial charge in [-0.05, 0) is 38.1 Å².